The lowest BCUT2D eigenvalue weighted by Gasteiger charge is -2.08. The summed E-state index contributed by atoms with van der Waals surface area (Å²) >= 11 is 0. The summed E-state index contributed by atoms with van der Waals surface area (Å²) in [7, 11) is 1.72. The van der Waals surface area contributed by atoms with E-state index in [0.717, 1.165) is 7.11 Å². The predicted molar refractivity (Wildman–Crippen MR) is 50.4 cm³/mol. The number of hydrogen-bond donors (Lipinski definition) is 1. The van der Waals surface area contributed by atoms with Gasteiger partial charge in [-0.05, 0) is 6.07 Å². The second-order valence-electron chi connectivity index (χ2n) is 2.65. The summed E-state index contributed by atoms with van der Waals surface area (Å²) in [6.07, 6.45) is -3.07. The maximum absolute atomic E-state index is 12.4. The first-order valence-electron chi connectivity index (χ1n) is 3.78. The summed E-state index contributed by atoms with van der Waals surface area (Å²) in [5.74, 6) is -1.54. The van der Waals surface area contributed by atoms with Crippen LogP contribution in [0.3, 0.4) is 0 Å². The van der Waals surface area contributed by atoms with E-state index < -0.39 is 37.7 Å². The van der Waals surface area contributed by atoms with E-state index in [1.54, 1.807) is 0 Å². The third-order valence-electron chi connectivity index (χ3n) is 1.64. The van der Waals surface area contributed by atoms with Crippen LogP contribution >= 0.6 is 10.7 Å². The number of rotatable bonds is 3. The van der Waals surface area contributed by atoms with Gasteiger partial charge in [-0.1, -0.05) is 0 Å². The van der Waals surface area contributed by atoms with Gasteiger partial charge in [-0.2, -0.15) is 4.98 Å². The molecule has 1 aromatic rings. The molecule has 0 aliphatic carbocycles. The number of aromatic nitrogens is 1. The maximum atomic E-state index is 12.4. The number of aromatic hydroxyl groups is 1. The van der Waals surface area contributed by atoms with Gasteiger partial charge in [0.05, 0.1) is 12.7 Å². The molecular formula is C7H6ClF2NO4S. The third kappa shape index (κ3) is 2.50. The molecule has 0 aliphatic heterocycles. The quantitative estimate of drug-likeness (QED) is 0.848. The van der Waals surface area contributed by atoms with E-state index in [-0.39, 0.29) is 0 Å². The molecule has 90 valence electrons. The van der Waals surface area contributed by atoms with E-state index >= 15 is 0 Å². The lowest BCUT2D eigenvalue weighted by Crippen LogP contribution is -2.01. The van der Waals surface area contributed by atoms with Gasteiger partial charge in [0.1, 0.15) is 0 Å². The van der Waals surface area contributed by atoms with Crippen LogP contribution in [0, 0.1) is 0 Å². The SMILES string of the molecule is COc1nc(S(=O)(=O)Cl)cc(C(F)F)c1O. The van der Waals surface area contributed by atoms with E-state index in [1.165, 1.54) is 0 Å². The lowest BCUT2D eigenvalue weighted by atomic mass is 10.2. The third-order valence-corrected chi connectivity index (χ3v) is 2.83. The topological polar surface area (TPSA) is 76.5 Å². The minimum Gasteiger partial charge on any atom is -0.503 e. The molecule has 0 amide bonds. The van der Waals surface area contributed by atoms with Crippen molar-refractivity contribution in [2.24, 2.45) is 0 Å². The number of nitrogens with zero attached hydrogens (tertiary/aromatic N) is 1. The first-order chi connectivity index (χ1) is 7.27. The summed E-state index contributed by atoms with van der Waals surface area (Å²) in [6, 6.07) is 0.491. The summed E-state index contributed by atoms with van der Waals surface area (Å²) in [4.78, 5) is 3.28. The largest absolute Gasteiger partial charge is 0.503 e. The zero-order chi connectivity index (χ0) is 12.5. The number of alkyl halides is 2. The molecule has 9 heteroatoms. The fraction of sp³-hybridized carbons (Fsp3) is 0.286. The first-order valence-corrected chi connectivity index (χ1v) is 6.09. The van der Waals surface area contributed by atoms with E-state index in [0.29, 0.717) is 6.07 Å². The Labute approximate surface area is 94.1 Å². The summed E-state index contributed by atoms with van der Waals surface area (Å²) < 4.78 is 51.1. The van der Waals surface area contributed by atoms with Crippen LogP contribution in [0.4, 0.5) is 8.78 Å². The van der Waals surface area contributed by atoms with Crippen LogP contribution in [0.15, 0.2) is 11.1 Å². The highest BCUT2D eigenvalue weighted by Crippen LogP contribution is 2.36. The smallest absolute Gasteiger partial charge is 0.278 e. The Morgan fingerprint density at radius 2 is 2.12 bits per heavy atom. The molecule has 5 nitrogen and oxygen atoms in total. The molecule has 0 saturated heterocycles. The molecule has 0 aromatic carbocycles. The molecule has 1 aromatic heterocycles. The summed E-state index contributed by atoms with van der Waals surface area (Å²) in [5, 5.41) is 8.44. The van der Waals surface area contributed by atoms with Crippen LogP contribution < -0.4 is 4.74 Å². The van der Waals surface area contributed by atoms with E-state index in [2.05, 4.69) is 9.72 Å². The monoisotopic (exact) mass is 273 g/mol. The molecular weight excluding hydrogens is 268 g/mol. The van der Waals surface area contributed by atoms with E-state index in [9.17, 15) is 22.3 Å². The maximum Gasteiger partial charge on any atom is 0.278 e. The van der Waals surface area contributed by atoms with Gasteiger partial charge in [0.25, 0.3) is 21.4 Å². The highest BCUT2D eigenvalue weighted by atomic mass is 35.7. The van der Waals surface area contributed by atoms with Crippen LogP contribution in [0.5, 0.6) is 11.6 Å². The van der Waals surface area contributed by atoms with Gasteiger partial charge in [0, 0.05) is 10.7 Å². The fourth-order valence-electron chi connectivity index (χ4n) is 0.944. The van der Waals surface area contributed by atoms with Crippen LogP contribution in [0.25, 0.3) is 0 Å². The van der Waals surface area contributed by atoms with Crippen LogP contribution in [0.1, 0.15) is 12.0 Å². The van der Waals surface area contributed by atoms with Gasteiger partial charge >= 0.3 is 0 Å². The molecule has 1 N–H and O–H groups in total. The number of pyridine rings is 1. The fourth-order valence-corrected chi connectivity index (χ4v) is 1.64. The number of hydrogen-bond acceptors (Lipinski definition) is 5. The molecule has 0 saturated carbocycles. The highest BCUT2D eigenvalue weighted by Gasteiger charge is 2.24. The average Bonchev–Trinajstić information content (AvgIpc) is 2.15. The van der Waals surface area contributed by atoms with Crippen LogP contribution in [-0.4, -0.2) is 25.6 Å². The van der Waals surface area contributed by atoms with Gasteiger partial charge in [-0.15, -0.1) is 0 Å². The minimum absolute atomic E-state index is 0.491. The van der Waals surface area contributed by atoms with Gasteiger partial charge in [-0.25, -0.2) is 17.2 Å². The molecule has 0 atom stereocenters. The molecule has 0 radical (unpaired) electrons. The molecule has 0 fully saturated rings. The molecule has 0 aliphatic rings. The number of halogens is 3. The molecule has 16 heavy (non-hydrogen) atoms. The second-order valence-corrected chi connectivity index (χ2v) is 5.16. The van der Waals surface area contributed by atoms with Crippen LogP contribution in [-0.2, 0) is 9.05 Å². The average molecular weight is 274 g/mol. The summed E-state index contributed by atoms with van der Waals surface area (Å²) in [6.45, 7) is 0. The first kappa shape index (κ1) is 12.9. The van der Waals surface area contributed by atoms with Crippen molar-refractivity contribution in [2.75, 3.05) is 7.11 Å². The Bertz CT molecular complexity index is 505. The van der Waals surface area contributed by atoms with Crippen molar-refractivity contribution < 1.29 is 27.0 Å². The highest BCUT2D eigenvalue weighted by molar-refractivity contribution is 8.13. The predicted octanol–water partition coefficient (Wildman–Crippen LogP) is 1.66. The zero-order valence-corrected chi connectivity index (χ0v) is 9.39. The van der Waals surface area contributed by atoms with Gasteiger partial charge in [-0.3, -0.25) is 0 Å². The van der Waals surface area contributed by atoms with Crippen molar-refractivity contribution in [3.05, 3.63) is 11.6 Å². The van der Waals surface area contributed by atoms with E-state index in [1.807, 2.05) is 0 Å². The molecule has 1 heterocycles. The van der Waals surface area contributed by atoms with Gasteiger partial charge < -0.3 is 9.84 Å². The Morgan fingerprint density at radius 1 is 1.56 bits per heavy atom. The molecule has 0 bridgehead atoms. The Balaban J connectivity index is 3.53. The normalized spacial score (nSPS) is 11.8. The van der Waals surface area contributed by atoms with Crippen molar-refractivity contribution >= 4 is 19.7 Å². The van der Waals surface area contributed by atoms with Crippen LogP contribution in [0.2, 0.25) is 0 Å². The Kier molecular flexibility index (Phi) is 3.54. The number of ether oxygens (including phenoxy) is 1. The Morgan fingerprint density at radius 3 is 2.50 bits per heavy atom. The van der Waals surface area contributed by atoms with Crippen molar-refractivity contribution in [3.8, 4) is 11.6 Å². The van der Waals surface area contributed by atoms with Crippen molar-refractivity contribution in [1.29, 1.82) is 0 Å². The van der Waals surface area contributed by atoms with Crippen molar-refractivity contribution in [3.63, 3.8) is 0 Å². The zero-order valence-electron chi connectivity index (χ0n) is 7.82. The minimum atomic E-state index is -4.27. The van der Waals surface area contributed by atoms with Gasteiger partial charge in [0.15, 0.2) is 10.8 Å². The standard InChI is InChI=1S/C7H6ClF2NO4S/c1-15-7-5(12)3(6(9)10)2-4(11-7)16(8,13)14/h2,6,12H,1H3. The molecule has 0 unspecified atom stereocenters. The van der Waals surface area contributed by atoms with E-state index in [4.69, 9.17) is 10.7 Å². The van der Waals surface area contributed by atoms with Crippen molar-refractivity contribution in [2.45, 2.75) is 11.5 Å². The second kappa shape index (κ2) is 4.38. The molecule has 1 rings (SSSR count). The summed E-state index contributed by atoms with van der Waals surface area (Å²) in [5.41, 5.74) is -0.911. The molecule has 0 spiro atoms. The lowest BCUT2D eigenvalue weighted by molar-refractivity contribution is 0.145. The number of methoxy groups -OCH3 is 1. The Hall–Kier alpha value is -1.15. The van der Waals surface area contributed by atoms with Gasteiger partial charge in [0.2, 0.25) is 0 Å². The van der Waals surface area contributed by atoms with Crippen molar-refractivity contribution in [1.82, 2.24) is 4.98 Å².